The van der Waals surface area contributed by atoms with Crippen LogP contribution in [0.3, 0.4) is 0 Å². The first kappa shape index (κ1) is 33.1. The highest BCUT2D eigenvalue weighted by Crippen LogP contribution is 2.60. The zero-order chi connectivity index (χ0) is 28.6. The van der Waals surface area contributed by atoms with E-state index >= 15 is 0 Å². The zero-order valence-electron chi connectivity index (χ0n) is 14.1. The molecule has 0 aliphatic heterocycles. The lowest BCUT2D eigenvalue weighted by Gasteiger charge is -2.40. The fraction of sp³-hybridized carbons (Fsp3) is 0.889. The maximum Gasteiger partial charge on any atom is 0.460 e. The lowest BCUT2D eigenvalue weighted by Crippen LogP contribution is -2.66. The predicted molar refractivity (Wildman–Crippen MR) is 71.8 cm³/mol. The summed E-state index contributed by atoms with van der Waals surface area (Å²) in [5.41, 5.74) is 0. The van der Waals surface area contributed by atoms with E-state index in [-0.39, 0.29) is 0 Å². The second kappa shape index (κ2) is 8.06. The van der Waals surface area contributed by atoms with Crippen molar-refractivity contribution >= 4 is 35.6 Å². The average molecular weight is 658 g/mol. The Labute approximate surface area is 182 Å². The minimum atomic E-state index is -8.68. The second-order valence-corrected chi connectivity index (χ2v) is 11.5. The third-order valence-corrected chi connectivity index (χ3v) is 9.91. The van der Waals surface area contributed by atoms with Crippen LogP contribution in [0.25, 0.3) is 0 Å². The van der Waals surface area contributed by atoms with Crippen molar-refractivity contribution in [3.05, 3.63) is 3.49 Å². The van der Waals surface area contributed by atoms with Crippen molar-refractivity contribution in [3.63, 3.8) is 0 Å². The molecule has 0 rings (SSSR count). The van der Waals surface area contributed by atoms with Gasteiger partial charge in [-0.05, 0) is 3.49 Å². The monoisotopic (exact) mass is 657 g/mol. The van der Waals surface area contributed by atoms with Gasteiger partial charge in [0, 0.05) is 0 Å². The highest BCUT2D eigenvalue weighted by molar-refractivity contribution is 9.15. The molecule has 0 spiro atoms. The fourth-order valence-corrected chi connectivity index (χ4v) is 5.74. The molecule has 206 valence electrons. The van der Waals surface area contributed by atoms with E-state index < -0.39 is 69.7 Å². The lowest BCUT2D eigenvalue weighted by molar-refractivity contribution is -0.382. The molecule has 0 atom stereocenters. The molecule has 0 N–H and O–H groups in total. The SMILES string of the molecule is O=S(=O)([C-](Br)S(=O)(=O)C(F)(F)C(F)(F)C(F)(F)C(F)(F)F)C(F)(F)C(F)(F)C(F)(F)C(F)(F)F. The predicted octanol–water partition coefficient (Wildman–Crippen LogP) is 5.51. The molecular formula is C9BrF18O4S2-. The van der Waals surface area contributed by atoms with Crippen LogP contribution in [-0.2, 0) is 19.7 Å². The van der Waals surface area contributed by atoms with E-state index in [1.807, 2.05) is 0 Å². The summed E-state index contributed by atoms with van der Waals surface area (Å²) in [6.45, 7) is 0. The highest BCUT2D eigenvalue weighted by atomic mass is 79.9. The molecule has 0 aliphatic carbocycles. The second-order valence-electron chi connectivity index (χ2n) is 5.57. The molecule has 0 aromatic rings. The van der Waals surface area contributed by atoms with E-state index in [0.29, 0.717) is 15.9 Å². The van der Waals surface area contributed by atoms with Crippen molar-refractivity contribution in [1.29, 1.82) is 0 Å². The van der Waals surface area contributed by atoms with Crippen molar-refractivity contribution < 1.29 is 95.9 Å². The quantitative estimate of drug-likeness (QED) is 0.255. The van der Waals surface area contributed by atoms with Crippen LogP contribution in [0.1, 0.15) is 0 Å². The Hall–Kier alpha value is -0.880. The van der Waals surface area contributed by atoms with E-state index in [2.05, 4.69) is 0 Å². The van der Waals surface area contributed by atoms with Gasteiger partial charge < -0.3 is 0 Å². The maximum absolute atomic E-state index is 13.5. The normalized spacial score (nSPS) is 16.8. The minimum absolute atomic E-state index is 0.474. The number of alkyl halides is 18. The summed E-state index contributed by atoms with van der Waals surface area (Å²) in [6, 6.07) is 0. The van der Waals surface area contributed by atoms with Crippen LogP contribution >= 0.6 is 15.9 Å². The van der Waals surface area contributed by atoms with Crippen LogP contribution in [0, 0.1) is 3.49 Å². The first-order chi connectivity index (χ1) is 14.2. The van der Waals surface area contributed by atoms with Crippen LogP contribution < -0.4 is 0 Å². The summed E-state index contributed by atoms with van der Waals surface area (Å²) in [5, 5.41) is -16.3. The van der Waals surface area contributed by atoms with Gasteiger partial charge in [-0.2, -0.15) is 79.0 Å². The van der Waals surface area contributed by atoms with Gasteiger partial charge in [-0.15, -0.1) is 0 Å². The maximum atomic E-state index is 13.5. The molecule has 0 saturated heterocycles. The van der Waals surface area contributed by atoms with Crippen molar-refractivity contribution in [2.75, 3.05) is 0 Å². The Bertz CT molecular complexity index is 911. The van der Waals surface area contributed by atoms with Crippen LogP contribution in [-0.4, -0.2) is 63.4 Å². The summed E-state index contributed by atoms with van der Waals surface area (Å²) < 4.78 is 270. The van der Waals surface area contributed by atoms with Gasteiger partial charge in [0.25, 0.3) is 0 Å². The third kappa shape index (κ3) is 4.09. The van der Waals surface area contributed by atoms with E-state index in [9.17, 15) is 95.9 Å². The van der Waals surface area contributed by atoms with Gasteiger partial charge in [-0.1, -0.05) is 0 Å². The first-order valence-corrected chi connectivity index (χ1v) is 10.3. The number of hydrogen-bond donors (Lipinski definition) is 0. The van der Waals surface area contributed by atoms with Crippen molar-refractivity contribution in [2.24, 2.45) is 0 Å². The Balaban J connectivity index is 7.01. The Kier molecular flexibility index (Phi) is 7.85. The molecule has 0 unspecified atom stereocenters. The third-order valence-electron chi connectivity index (χ3n) is 3.33. The molecule has 0 aromatic carbocycles. The molecule has 0 aromatic heterocycles. The van der Waals surface area contributed by atoms with E-state index in [1.54, 1.807) is 0 Å². The first-order valence-electron chi connectivity index (χ1n) is 6.57. The molecule has 0 amide bonds. The molecule has 0 radical (unpaired) electrons. The van der Waals surface area contributed by atoms with E-state index in [4.69, 9.17) is 0 Å². The van der Waals surface area contributed by atoms with Gasteiger partial charge in [-0.3, -0.25) is 32.8 Å². The Morgan fingerprint density at radius 2 is 0.588 bits per heavy atom. The largest absolute Gasteiger partial charge is 0.460 e. The standard InChI is InChI=1S/C9BrF18O4S2/c10-1(33(29,30)8(25,26)4(15,16)2(11,12)6(19,20)21)34(31,32)9(27,28)5(17,18)3(13,14)7(22,23)24/q-1. The smallest absolute Gasteiger partial charge is 0.283 e. The molecule has 34 heavy (non-hydrogen) atoms. The van der Waals surface area contributed by atoms with Gasteiger partial charge in [-0.25, -0.2) is 0 Å². The molecular weight excluding hydrogens is 658 g/mol. The number of rotatable bonds is 8. The van der Waals surface area contributed by atoms with Gasteiger partial charge >= 0.3 is 46.6 Å². The van der Waals surface area contributed by atoms with Crippen LogP contribution in [0.5, 0.6) is 0 Å². The Morgan fingerprint density at radius 3 is 0.735 bits per heavy atom. The zero-order valence-corrected chi connectivity index (χ0v) is 17.3. The molecule has 0 bridgehead atoms. The van der Waals surface area contributed by atoms with Crippen LogP contribution in [0.15, 0.2) is 0 Å². The van der Waals surface area contributed by atoms with Crippen LogP contribution in [0.2, 0.25) is 0 Å². The van der Waals surface area contributed by atoms with Crippen molar-refractivity contribution in [2.45, 2.75) is 46.6 Å². The van der Waals surface area contributed by atoms with Gasteiger partial charge in [0.2, 0.25) is 0 Å². The summed E-state index contributed by atoms with van der Waals surface area (Å²) >= 11 is 0.474. The summed E-state index contributed by atoms with van der Waals surface area (Å²) in [4.78, 5) is 0. The number of hydrogen-bond acceptors (Lipinski definition) is 4. The molecule has 4 nitrogen and oxygen atoms in total. The van der Waals surface area contributed by atoms with Crippen molar-refractivity contribution in [1.82, 2.24) is 0 Å². The molecule has 0 fully saturated rings. The van der Waals surface area contributed by atoms with Crippen molar-refractivity contribution in [3.8, 4) is 0 Å². The fourth-order valence-electron chi connectivity index (χ4n) is 1.41. The Morgan fingerprint density at radius 1 is 0.412 bits per heavy atom. The lowest BCUT2D eigenvalue weighted by atomic mass is 10.1. The summed E-state index contributed by atoms with van der Waals surface area (Å²) in [7, 11) is -17.4. The molecule has 25 heteroatoms. The summed E-state index contributed by atoms with van der Waals surface area (Å²) in [6.07, 6.45) is -15.5. The average Bonchev–Trinajstić information content (AvgIpc) is 2.57. The molecule has 0 aliphatic rings. The minimum Gasteiger partial charge on any atom is -0.283 e. The van der Waals surface area contributed by atoms with Crippen LogP contribution in [0.4, 0.5) is 79.0 Å². The van der Waals surface area contributed by atoms with Gasteiger partial charge in [0.05, 0.1) is 0 Å². The molecule has 0 heterocycles. The van der Waals surface area contributed by atoms with Gasteiger partial charge in [0.1, 0.15) is 19.7 Å². The summed E-state index contributed by atoms with van der Waals surface area (Å²) in [5.74, 6) is -32.9. The highest BCUT2D eigenvalue weighted by Gasteiger charge is 2.87. The molecule has 0 saturated carbocycles. The van der Waals surface area contributed by atoms with E-state index in [0.717, 1.165) is 0 Å². The van der Waals surface area contributed by atoms with Gasteiger partial charge in [0.15, 0.2) is 0 Å². The number of halogens is 19. The van der Waals surface area contributed by atoms with E-state index in [1.165, 1.54) is 0 Å². The topological polar surface area (TPSA) is 68.3 Å². The number of sulfone groups is 2.